The predicted octanol–water partition coefficient (Wildman–Crippen LogP) is 10.7. The lowest BCUT2D eigenvalue weighted by molar-refractivity contribution is -0.0416. The Labute approximate surface area is 404 Å². The van der Waals surface area contributed by atoms with E-state index in [-0.39, 0.29) is 53.0 Å². The standard InChI is InChI=1S/C52H54ClFIN7O4/c1-32-23-24-41-44(47(55)58-62(41)52(35-17-11-8-12-18-35,36-19-13-9-14-20-36)37-21-15-10-16-22-37)42(32)43-40(53)27-39-46(45(43)54)56-49(65-31-38-30-59(7)25-26-64-38)57-48(39)60-28-34(3)61(29-33(60)2)50(63)66-51(4,5)6/h8-24,27,33-34,38H,25-26,28-31H2,1-7H3/t33-,34+,38+/m0/s1. The van der Waals surface area contributed by atoms with Crippen LogP contribution in [-0.4, -0.2) is 106 Å². The first-order valence-corrected chi connectivity index (χ1v) is 23.9. The second kappa shape index (κ2) is 18.4. The Morgan fingerprint density at radius 3 is 2.08 bits per heavy atom. The highest BCUT2D eigenvalue weighted by Crippen LogP contribution is 2.48. The third-order valence-corrected chi connectivity index (χ3v) is 13.7. The van der Waals surface area contributed by atoms with Gasteiger partial charge in [0.25, 0.3) is 0 Å². The highest BCUT2D eigenvalue weighted by molar-refractivity contribution is 14.1. The number of anilines is 1. The summed E-state index contributed by atoms with van der Waals surface area (Å²) in [6.07, 6.45) is -0.604. The molecule has 0 radical (unpaired) electrons. The lowest BCUT2D eigenvalue weighted by Crippen LogP contribution is -2.59. The number of carbonyl (C=O) groups is 1. The van der Waals surface area contributed by atoms with Gasteiger partial charge in [0.15, 0.2) is 5.82 Å². The molecule has 3 atom stereocenters. The van der Waals surface area contributed by atoms with E-state index in [0.717, 1.165) is 39.7 Å². The molecule has 5 aromatic carbocycles. The van der Waals surface area contributed by atoms with Crippen LogP contribution in [0, 0.1) is 16.4 Å². The molecule has 2 aliphatic heterocycles. The SMILES string of the molecule is Cc1ccc2c(c(I)nn2C(c2ccccc2)(c2ccccc2)c2ccccc2)c1-c1c(Cl)cc2c(N3C[C@@H](C)N(C(=O)OC(C)(C)C)C[C@@H]3C)nc(OC[C@H]3CN(C)CCO3)nc2c1F. The molecule has 0 bridgehead atoms. The first kappa shape index (κ1) is 45.8. The molecule has 14 heteroatoms. The molecule has 0 saturated carbocycles. The normalized spacial score (nSPS) is 18.5. The first-order chi connectivity index (χ1) is 31.6. The summed E-state index contributed by atoms with van der Waals surface area (Å²) in [5, 5.41) is 6.78. The highest BCUT2D eigenvalue weighted by Gasteiger charge is 2.42. The molecule has 2 fully saturated rings. The zero-order valence-corrected chi connectivity index (χ0v) is 41.2. The minimum Gasteiger partial charge on any atom is -0.461 e. The molecule has 4 heterocycles. The summed E-state index contributed by atoms with van der Waals surface area (Å²) < 4.78 is 39.1. The molecule has 9 rings (SSSR count). The number of carbonyl (C=O) groups excluding carboxylic acids is 1. The summed E-state index contributed by atoms with van der Waals surface area (Å²) in [4.78, 5) is 29.2. The van der Waals surface area contributed by atoms with Gasteiger partial charge >= 0.3 is 12.1 Å². The summed E-state index contributed by atoms with van der Waals surface area (Å²) in [5.41, 5.74) is 3.96. The van der Waals surface area contributed by atoms with E-state index in [2.05, 4.69) is 79.5 Å². The van der Waals surface area contributed by atoms with Gasteiger partial charge in [-0.25, -0.2) is 13.9 Å². The molecule has 66 heavy (non-hydrogen) atoms. The van der Waals surface area contributed by atoms with E-state index < -0.39 is 17.0 Å². The Morgan fingerprint density at radius 2 is 1.48 bits per heavy atom. The Hall–Kier alpha value is -5.35. The fraction of sp³-hybridized carbons (Fsp3) is 0.346. The summed E-state index contributed by atoms with van der Waals surface area (Å²) in [6.45, 7) is 14.5. The number of fused-ring (bicyclic) bond motifs is 2. The van der Waals surface area contributed by atoms with Crippen molar-refractivity contribution in [1.82, 2.24) is 29.5 Å². The quantitative estimate of drug-likeness (QED) is 0.103. The number of morpholine rings is 1. The smallest absolute Gasteiger partial charge is 0.410 e. The molecule has 2 aromatic heterocycles. The van der Waals surface area contributed by atoms with Crippen molar-refractivity contribution in [2.75, 3.05) is 51.3 Å². The number of aromatic nitrogens is 4. The highest BCUT2D eigenvalue weighted by atomic mass is 127. The van der Waals surface area contributed by atoms with Gasteiger partial charge in [0.05, 0.1) is 17.1 Å². The maximum atomic E-state index is 18.2. The van der Waals surface area contributed by atoms with Gasteiger partial charge < -0.3 is 28.9 Å². The second-order valence-electron chi connectivity index (χ2n) is 18.5. The number of hydrogen-bond donors (Lipinski definition) is 0. The van der Waals surface area contributed by atoms with Gasteiger partial charge in [-0.1, -0.05) is 109 Å². The number of hydrogen-bond acceptors (Lipinski definition) is 9. The number of piperazine rings is 1. The van der Waals surface area contributed by atoms with Crippen molar-refractivity contribution < 1.29 is 23.4 Å². The molecule has 0 unspecified atom stereocenters. The van der Waals surface area contributed by atoms with Gasteiger partial charge in [-0.05, 0) is 106 Å². The van der Waals surface area contributed by atoms with Crippen LogP contribution in [-0.2, 0) is 15.0 Å². The summed E-state index contributed by atoms with van der Waals surface area (Å²) >= 11 is 9.68. The Kier molecular flexibility index (Phi) is 12.8. The van der Waals surface area contributed by atoms with Gasteiger partial charge in [0.2, 0.25) is 0 Å². The average molecular weight is 1020 g/mol. The van der Waals surface area contributed by atoms with Gasteiger partial charge in [0.1, 0.15) is 38.9 Å². The maximum absolute atomic E-state index is 18.2. The summed E-state index contributed by atoms with van der Waals surface area (Å²) in [7, 11) is 2.04. The van der Waals surface area contributed by atoms with Crippen molar-refractivity contribution in [3.8, 4) is 17.1 Å². The van der Waals surface area contributed by atoms with Gasteiger partial charge in [-0.2, -0.15) is 15.1 Å². The molecule has 7 aromatic rings. The lowest BCUT2D eigenvalue weighted by atomic mass is 9.77. The minimum atomic E-state index is -0.920. The zero-order chi connectivity index (χ0) is 46.5. The monoisotopic (exact) mass is 1020 g/mol. The number of amides is 1. The minimum absolute atomic E-state index is 0.0200. The third kappa shape index (κ3) is 8.48. The first-order valence-electron chi connectivity index (χ1n) is 22.4. The van der Waals surface area contributed by atoms with Gasteiger partial charge in [-0.3, -0.25) is 0 Å². The van der Waals surface area contributed by atoms with Crippen molar-refractivity contribution in [3.63, 3.8) is 0 Å². The molecule has 2 saturated heterocycles. The van der Waals surface area contributed by atoms with E-state index in [1.54, 1.807) is 11.0 Å². The van der Waals surface area contributed by atoms with Crippen LogP contribution in [0.25, 0.3) is 32.9 Å². The fourth-order valence-corrected chi connectivity index (χ4v) is 10.6. The number of benzene rings is 5. The van der Waals surface area contributed by atoms with E-state index in [1.165, 1.54) is 0 Å². The fourth-order valence-electron chi connectivity index (χ4n) is 9.56. The zero-order valence-electron chi connectivity index (χ0n) is 38.3. The number of nitrogens with zero attached hydrogens (tertiary/aromatic N) is 7. The molecule has 0 aliphatic carbocycles. The number of aryl methyl sites for hydroxylation is 1. The van der Waals surface area contributed by atoms with E-state index in [4.69, 9.17) is 40.9 Å². The summed E-state index contributed by atoms with van der Waals surface area (Å²) in [6, 6.07) is 36.4. The average Bonchev–Trinajstić information content (AvgIpc) is 3.63. The van der Waals surface area contributed by atoms with E-state index in [1.807, 2.05) is 109 Å². The van der Waals surface area contributed by atoms with Gasteiger partial charge in [0, 0.05) is 60.2 Å². The Morgan fingerprint density at radius 1 is 0.864 bits per heavy atom. The van der Waals surface area contributed by atoms with Crippen molar-refractivity contribution in [2.24, 2.45) is 0 Å². The van der Waals surface area contributed by atoms with Crippen molar-refractivity contribution >= 4 is 67.9 Å². The van der Waals surface area contributed by atoms with E-state index in [9.17, 15) is 4.79 Å². The van der Waals surface area contributed by atoms with Crippen LogP contribution < -0.4 is 9.64 Å². The maximum Gasteiger partial charge on any atom is 0.410 e. The van der Waals surface area contributed by atoms with E-state index >= 15 is 4.39 Å². The van der Waals surface area contributed by atoms with Crippen LogP contribution in [0.15, 0.2) is 109 Å². The summed E-state index contributed by atoms with van der Waals surface area (Å²) in [5.74, 6) is -0.143. The van der Waals surface area contributed by atoms with Crippen LogP contribution in [0.5, 0.6) is 6.01 Å². The topological polar surface area (TPSA) is 98.1 Å². The lowest BCUT2D eigenvalue weighted by Gasteiger charge is -2.45. The second-order valence-corrected chi connectivity index (χ2v) is 19.9. The largest absolute Gasteiger partial charge is 0.461 e. The third-order valence-electron chi connectivity index (χ3n) is 12.6. The van der Waals surface area contributed by atoms with Crippen molar-refractivity contribution in [2.45, 2.75) is 70.9 Å². The molecule has 11 nitrogen and oxygen atoms in total. The number of rotatable bonds is 9. The Balaban J connectivity index is 1.23. The van der Waals surface area contributed by atoms with Crippen LogP contribution in [0.1, 0.15) is 56.9 Å². The number of halogens is 3. The predicted molar refractivity (Wildman–Crippen MR) is 267 cm³/mol. The Bertz CT molecular complexity index is 2800. The molecule has 342 valence electrons. The molecule has 0 spiro atoms. The number of likely N-dealkylation sites (N-methyl/N-ethyl adjacent to an activating group) is 1. The van der Waals surface area contributed by atoms with E-state index in [0.29, 0.717) is 46.7 Å². The van der Waals surface area contributed by atoms with Crippen molar-refractivity contribution in [1.29, 1.82) is 0 Å². The van der Waals surface area contributed by atoms with Crippen LogP contribution in [0.2, 0.25) is 5.02 Å². The molecule has 1 amide bonds. The molecular weight excluding hydrogens is 968 g/mol. The van der Waals surface area contributed by atoms with Crippen molar-refractivity contribution in [3.05, 3.63) is 146 Å². The molecular formula is C52H54ClFIN7O4. The number of ether oxygens (including phenoxy) is 3. The van der Waals surface area contributed by atoms with Crippen LogP contribution >= 0.6 is 34.2 Å². The van der Waals surface area contributed by atoms with Crippen LogP contribution in [0.4, 0.5) is 15.0 Å². The van der Waals surface area contributed by atoms with Gasteiger partial charge in [-0.15, -0.1) is 0 Å². The molecule has 0 N–H and O–H groups in total. The molecule has 2 aliphatic rings. The van der Waals surface area contributed by atoms with Crippen LogP contribution in [0.3, 0.4) is 0 Å².